The number of carbonyl (C=O) groups excluding carboxylic acids is 2. The minimum atomic E-state index is -1.06. The van der Waals surface area contributed by atoms with E-state index in [2.05, 4.69) is 5.32 Å². The van der Waals surface area contributed by atoms with Gasteiger partial charge in [0.2, 0.25) is 5.91 Å². The molecule has 0 radical (unpaired) electrons. The van der Waals surface area contributed by atoms with E-state index >= 15 is 0 Å². The van der Waals surface area contributed by atoms with E-state index < -0.39 is 5.54 Å². The van der Waals surface area contributed by atoms with Gasteiger partial charge in [-0.2, -0.15) is 0 Å². The maximum Gasteiger partial charge on any atom is 0.271 e. The van der Waals surface area contributed by atoms with Gasteiger partial charge in [-0.1, -0.05) is 43.0 Å². The van der Waals surface area contributed by atoms with Gasteiger partial charge >= 0.3 is 0 Å². The molecule has 1 atom stereocenters. The molecule has 5 rings (SSSR count). The lowest BCUT2D eigenvalue weighted by Gasteiger charge is -2.45. The Kier molecular flexibility index (Phi) is 6.02. The van der Waals surface area contributed by atoms with Crippen molar-refractivity contribution in [1.29, 1.82) is 0 Å². The first-order chi connectivity index (χ1) is 16.4. The average Bonchev–Trinajstić information content (AvgIpc) is 3.20. The molecular weight excluding hydrogens is 450 g/mol. The summed E-state index contributed by atoms with van der Waals surface area (Å²) in [6, 6.07) is 15.3. The minimum absolute atomic E-state index is 0.106. The van der Waals surface area contributed by atoms with Crippen molar-refractivity contribution in [2.24, 2.45) is 0 Å². The van der Waals surface area contributed by atoms with Crippen LogP contribution >= 0.6 is 11.6 Å². The lowest BCUT2D eigenvalue weighted by atomic mass is 9.91. The number of hydrogen-bond acceptors (Lipinski definition) is 3. The van der Waals surface area contributed by atoms with Gasteiger partial charge in [-0.3, -0.25) is 9.59 Å². The fraction of sp³-hybridized carbons (Fsp3) is 0.407. The number of carbonyl (C=O) groups is 2. The second-order valence-electron chi connectivity index (χ2n) is 9.64. The average molecular weight is 480 g/mol. The summed E-state index contributed by atoms with van der Waals surface area (Å²) in [5.74, 6) is 0.448. The SMILES string of the molecule is COc1ccc2cc3n(c2c1)CC(C)(C(=O)NC1CCCCC1)N(Cc1cccc(Cl)c1)C3=O. The Labute approximate surface area is 204 Å². The van der Waals surface area contributed by atoms with Gasteiger partial charge in [0.15, 0.2) is 0 Å². The van der Waals surface area contributed by atoms with Crippen LogP contribution in [0.5, 0.6) is 5.75 Å². The van der Waals surface area contributed by atoms with Gasteiger partial charge in [0.25, 0.3) is 5.91 Å². The Bertz CT molecular complexity index is 1250. The van der Waals surface area contributed by atoms with Gasteiger partial charge in [-0.15, -0.1) is 0 Å². The van der Waals surface area contributed by atoms with E-state index in [1.165, 1.54) is 6.42 Å². The number of rotatable bonds is 5. The predicted octanol–water partition coefficient (Wildman–Crippen LogP) is 5.17. The standard InChI is InChI=1S/C27H30ClN3O3/c1-27(26(33)29-21-9-4-3-5-10-21)17-30-23-15-22(34-2)12-11-19(23)14-24(30)25(32)31(27)16-18-7-6-8-20(28)13-18/h6-8,11-15,21H,3-5,9-10,16-17H2,1-2H3,(H,29,33). The fourth-order valence-electron chi connectivity index (χ4n) is 5.31. The molecule has 1 N–H and O–H groups in total. The molecule has 178 valence electrons. The van der Waals surface area contributed by atoms with Crippen molar-refractivity contribution < 1.29 is 14.3 Å². The van der Waals surface area contributed by atoms with Crippen LogP contribution in [0.3, 0.4) is 0 Å². The van der Waals surface area contributed by atoms with Crippen LogP contribution in [0.25, 0.3) is 10.9 Å². The summed E-state index contributed by atoms with van der Waals surface area (Å²) in [6.45, 7) is 2.55. The lowest BCUT2D eigenvalue weighted by molar-refractivity contribution is -0.134. The molecule has 7 heteroatoms. The summed E-state index contributed by atoms with van der Waals surface area (Å²) >= 11 is 6.23. The summed E-state index contributed by atoms with van der Waals surface area (Å²) in [4.78, 5) is 29.4. The zero-order valence-electron chi connectivity index (χ0n) is 19.6. The lowest BCUT2D eigenvalue weighted by Crippen LogP contribution is -2.64. The number of aromatic nitrogens is 1. The predicted molar refractivity (Wildman–Crippen MR) is 133 cm³/mol. The van der Waals surface area contributed by atoms with Crippen molar-refractivity contribution in [3.8, 4) is 5.75 Å². The maximum atomic E-state index is 13.9. The molecule has 1 unspecified atom stereocenters. The fourth-order valence-corrected chi connectivity index (χ4v) is 5.52. The van der Waals surface area contributed by atoms with E-state index in [0.29, 0.717) is 23.8 Å². The summed E-state index contributed by atoms with van der Waals surface area (Å²) < 4.78 is 7.39. The van der Waals surface area contributed by atoms with Gasteiger partial charge in [0.05, 0.1) is 19.2 Å². The highest BCUT2D eigenvalue weighted by molar-refractivity contribution is 6.30. The molecule has 1 saturated carbocycles. The molecule has 2 heterocycles. The summed E-state index contributed by atoms with van der Waals surface area (Å²) in [6.07, 6.45) is 5.43. The highest BCUT2D eigenvalue weighted by Gasteiger charge is 2.48. The first kappa shape index (κ1) is 22.8. The van der Waals surface area contributed by atoms with Gasteiger partial charge in [0.1, 0.15) is 17.0 Å². The van der Waals surface area contributed by atoms with Crippen molar-refractivity contribution >= 4 is 34.3 Å². The molecule has 2 aromatic carbocycles. The highest BCUT2D eigenvalue weighted by atomic mass is 35.5. The molecule has 2 aliphatic rings. The van der Waals surface area contributed by atoms with E-state index in [-0.39, 0.29) is 17.9 Å². The molecule has 0 saturated heterocycles. The van der Waals surface area contributed by atoms with Crippen molar-refractivity contribution in [1.82, 2.24) is 14.8 Å². The van der Waals surface area contributed by atoms with E-state index in [9.17, 15) is 9.59 Å². The van der Waals surface area contributed by atoms with Crippen LogP contribution in [-0.2, 0) is 17.9 Å². The molecule has 1 aromatic heterocycles. The Morgan fingerprint density at radius 3 is 2.68 bits per heavy atom. The van der Waals surface area contributed by atoms with E-state index in [4.69, 9.17) is 16.3 Å². The number of amides is 2. The highest BCUT2D eigenvalue weighted by Crippen LogP contribution is 2.35. The number of nitrogens with one attached hydrogen (secondary N) is 1. The van der Waals surface area contributed by atoms with Gasteiger partial charge in [-0.25, -0.2) is 0 Å². The Morgan fingerprint density at radius 2 is 1.94 bits per heavy atom. The van der Waals surface area contributed by atoms with Crippen LogP contribution < -0.4 is 10.1 Å². The van der Waals surface area contributed by atoms with Crippen LogP contribution in [0.15, 0.2) is 48.5 Å². The molecule has 1 aliphatic carbocycles. The Morgan fingerprint density at radius 1 is 1.15 bits per heavy atom. The van der Waals surface area contributed by atoms with Crippen molar-refractivity contribution in [2.45, 2.75) is 63.7 Å². The molecule has 1 aliphatic heterocycles. The number of nitrogens with zero attached hydrogens (tertiary/aromatic N) is 2. The molecule has 3 aromatic rings. The van der Waals surface area contributed by atoms with Crippen LogP contribution in [0, 0.1) is 0 Å². The van der Waals surface area contributed by atoms with Gasteiger partial charge < -0.3 is 19.5 Å². The van der Waals surface area contributed by atoms with Crippen LogP contribution in [0.2, 0.25) is 5.02 Å². The van der Waals surface area contributed by atoms with Crippen molar-refractivity contribution in [3.63, 3.8) is 0 Å². The van der Waals surface area contributed by atoms with E-state index in [1.54, 1.807) is 12.0 Å². The quantitative estimate of drug-likeness (QED) is 0.549. The Balaban J connectivity index is 1.57. The number of methoxy groups -OCH3 is 1. The largest absolute Gasteiger partial charge is 0.497 e. The second kappa shape index (κ2) is 8.99. The molecule has 0 spiro atoms. The van der Waals surface area contributed by atoms with Crippen LogP contribution in [0.1, 0.15) is 55.1 Å². The van der Waals surface area contributed by atoms with Crippen LogP contribution in [-0.4, -0.2) is 40.0 Å². The van der Waals surface area contributed by atoms with E-state index in [0.717, 1.165) is 47.9 Å². The second-order valence-corrected chi connectivity index (χ2v) is 10.1. The number of halogens is 1. The Hall–Kier alpha value is -2.99. The summed E-state index contributed by atoms with van der Waals surface area (Å²) in [5, 5.41) is 4.83. The first-order valence-corrected chi connectivity index (χ1v) is 12.3. The third-order valence-electron chi connectivity index (χ3n) is 7.30. The number of benzene rings is 2. The van der Waals surface area contributed by atoms with Crippen molar-refractivity contribution in [2.75, 3.05) is 7.11 Å². The zero-order chi connectivity index (χ0) is 23.9. The molecule has 2 amide bonds. The number of hydrogen-bond donors (Lipinski definition) is 1. The van der Waals surface area contributed by atoms with Crippen molar-refractivity contribution in [3.05, 3.63) is 64.8 Å². The topological polar surface area (TPSA) is 63.6 Å². The molecule has 1 fully saturated rings. The third-order valence-corrected chi connectivity index (χ3v) is 7.53. The molecule has 0 bridgehead atoms. The normalized spacial score (nSPS) is 20.9. The third kappa shape index (κ3) is 4.05. The molecular formula is C27H30ClN3O3. The van der Waals surface area contributed by atoms with E-state index in [1.807, 2.05) is 60.0 Å². The zero-order valence-corrected chi connectivity index (χ0v) is 20.4. The summed E-state index contributed by atoms with van der Waals surface area (Å²) in [7, 11) is 1.63. The van der Waals surface area contributed by atoms with Gasteiger partial charge in [0, 0.05) is 29.1 Å². The molecule has 6 nitrogen and oxygen atoms in total. The first-order valence-electron chi connectivity index (χ1n) is 11.9. The minimum Gasteiger partial charge on any atom is -0.497 e. The number of ether oxygens (including phenoxy) is 1. The smallest absolute Gasteiger partial charge is 0.271 e. The summed E-state index contributed by atoms with van der Waals surface area (Å²) in [5.41, 5.74) is 1.30. The van der Waals surface area contributed by atoms with Gasteiger partial charge in [-0.05, 0) is 55.7 Å². The maximum absolute atomic E-state index is 13.9. The molecule has 34 heavy (non-hydrogen) atoms. The number of fused-ring (bicyclic) bond motifs is 3. The monoisotopic (exact) mass is 479 g/mol. The van der Waals surface area contributed by atoms with Crippen LogP contribution in [0.4, 0.5) is 0 Å².